The van der Waals surface area contributed by atoms with E-state index in [4.69, 9.17) is 0 Å². The maximum Gasteiger partial charge on any atom is 0.251 e. The van der Waals surface area contributed by atoms with Gasteiger partial charge < -0.3 is 4.98 Å². The maximum atomic E-state index is 13.2. The molecule has 0 saturated heterocycles. The van der Waals surface area contributed by atoms with Gasteiger partial charge in [-0.05, 0) is 46.8 Å². The van der Waals surface area contributed by atoms with Gasteiger partial charge in [0.05, 0.1) is 0 Å². The zero-order chi connectivity index (χ0) is 22.2. The Balaban J connectivity index is 1.62. The van der Waals surface area contributed by atoms with Crippen LogP contribution < -0.4 is 5.56 Å². The number of hydrogen-bond donors (Lipinski definition) is 1. The first-order valence-electron chi connectivity index (χ1n) is 10.7. The van der Waals surface area contributed by atoms with Crippen LogP contribution in [-0.2, 0) is 5.41 Å². The highest BCUT2D eigenvalue weighted by atomic mass is 16.1. The Morgan fingerprint density at radius 3 is 2.35 bits per heavy atom. The van der Waals surface area contributed by atoms with Gasteiger partial charge in [0.25, 0.3) is 5.56 Å². The minimum atomic E-state index is -0.385. The Morgan fingerprint density at radius 2 is 1.77 bits per heavy atom. The Morgan fingerprint density at radius 1 is 1.13 bits per heavy atom. The van der Waals surface area contributed by atoms with Crippen LogP contribution in [0, 0.1) is 5.41 Å². The third kappa shape index (κ3) is 4.63. The van der Waals surface area contributed by atoms with Gasteiger partial charge in [-0.3, -0.25) is 9.59 Å². The van der Waals surface area contributed by atoms with E-state index in [-0.39, 0.29) is 45.4 Å². The second-order valence-electron chi connectivity index (χ2n) is 9.76. The molecule has 1 fully saturated rings. The molecule has 0 spiro atoms. The largest absolute Gasteiger partial charge is 0.304 e. The van der Waals surface area contributed by atoms with E-state index >= 15 is 0 Å². The van der Waals surface area contributed by atoms with Crippen molar-refractivity contribution in [1.29, 1.82) is 0 Å². The van der Waals surface area contributed by atoms with Gasteiger partial charge in [0, 0.05) is 24.9 Å². The third-order valence-corrected chi connectivity index (χ3v) is 6.25. The number of aromatic nitrogens is 4. The van der Waals surface area contributed by atoms with Crippen molar-refractivity contribution in [1.82, 2.24) is 19.9 Å². The molecule has 0 bridgehead atoms. The molecule has 1 N–H and O–H groups in total. The number of rotatable bonds is 6. The Kier molecular flexibility index (Phi) is 5.33. The molecule has 4 rings (SSSR count). The first kappa shape index (κ1) is 21.1. The Labute approximate surface area is 182 Å². The highest BCUT2D eigenvalue weighted by Gasteiger charge is 2.46. The summed E-state index contributed by atoms with van der Waals surface area (Å²) in [7, 11) is 0. The van der Waals surface area contributed by atoms with E-state index in [1.807, 2.05) is 0 Å². The van der Waals surface area contributed by atoms with Gasteiger partial charge in [-0.15, -0.1) is 0 Å². The van der Waals surface area contributed by atoms with Crippen molar-refractivity contribution >= 4 is 5.78 Å². The molecule has 6 nitrogen and oxygen atoms in total. The van der Waals surface area contributed by atoms with Gasteiger partial charge in [-0.2, -0.15) is 0 Å². The number of carbonyl (C=O) groups is 1. The van der Waals surface area contributed by atoms with Gasteiger partial charge >= 0.3 is 0 Å². The van der Waals surface area contributed by atoms with E-state index < -0.39 is 0 Å². The van der Waals surface area contributed by atoms with Crippen LogP contribution in [0.3, 0.4) is 0 Å². The van der Waals surface area contributed by atoms with Crippen LogP contribution in [0.1, 0.15) is 74.5 Å². The van der Waals surface area contributed by atoms with E-state index in [2.05, 4.69) is 71.9 Å². The lowest BCUT2D eigenvalue weighted by molar-refractivity contribution is 0.0957. The van der Waals surface area contributed by atoms with E-state index in [0.717, 1.165) is 18.4 Å². The van der Waals surface area contributed by atoms with Crippen molar-refractivity contribution in [2.45, 2.75) is 58.3 Å². The molecule has 1 atom stereocenters. The normalized spacial score (nSPS) is 16.0. The maximum absolute atomic E-state index is 13.2. The van der Waals surface area contributed by atoms with Gasteiger partial charge in [0.1, 0.15) is 5.69 Å². The van der Waals surface area contributed by atoms with Crippen molar-refractivity contribution in [3.05, 3.63) is 76.0 Å². The third-order valence-electron chi connectivity index (χ3n) is 6.25. The highest BCUT2D eigenvalue weighted by Crippen LogP contribution is 2.57. The van der Waals surface area contributed by atoms with Gasteiger partial charge in [-0.1, -0.05) is 52.0 Å². The number of ketones is 1. The molecule has 1 saturated carbocycles. The van der Waals surface area contributed by atoms with Gasteiger partial charge in [0.2, 0.25) is 0 Å². The molecule has 2 heterocycles. The number of Topliss-reactive ketones (excluding diaryl/α,β-unsaturated/α-hetero) is 1. The Bertz CT molecular complexity index is 1140. The molecule has 0 radical (unpaired) electrons. The van der Waals surface area contributed by atoms with Crippen molar-refractivity contribution in [2.75, 3.05) is 0 Å². The summed E-state index contributed by atoms with van der Waals surface area (Å²) in [5, 5.41) is 0. The molecule has 0 amide bonds. The lowest BCUT2D eigenvalue weighted by Gasteiger charge is -2.25. The summed E-state index contributed by atoms with van der Waals surface area (Å²) in [6.07, 6.45) is 5.65. The van der Waals surface area contributed by atoms with Gasteiger partial charge in [0.15, 0.2) is 17.4 Å². The van der Waals surface area contributed by atoms with Crippen LogP contribution in [0.2, 0.25) is 0 Å². The van der Waals surface area contributed by atoms with Crippen molar-refractivity contribution in [3.8, 4) is 11.6 Å². The molecule has 0 aliphatic heterocycles. The second-order valence-corrected chi connectivity index (χ2v) is 9.76. The molecule has 160 valence electrons. The predicted molar refractivity (Wildman–Crippen MR) is 120 cm³/mol. The monoisotopic (exact) mass is 416 g/mol. The highest BCUT2D eigenvalue weighted by molar-refractivity contribution is 5.95. The van der Waals surface area contributed by atoms with Crippen LogP contribution in [0.15, 0.2) is 53.6 Å². The first-order chi connectivity index (χ1) is 14.7. The van der Waals surface area contributed by atoms with E-state index in [1.54, 1.807) is 18.5 Å². The number of nitrogens with zero attached hydrogens (tertiary/aromatic N) is 3. The number of H-pyrrole nitrogens is 1. The minimum Gasteiger partial charge on any atom is -0.304 e. The molecule has 1 aliphatic carbocycles. The van der Waals surface area contributed by atoms with Crippen molar-refractivity contribution in [3.63, 3.8) is 0 Å². The molecule has 31 heavy (non-hydrogen) atoms. The smallest absolute Gasteiger partial charge is 0.251 e. The van der Waals surface area contributed by atoms with E-state index in [9.17, 15) is 9.59 Å². The van der Waals surface area contributed by atoms with E-state index in [0.29, 0.717) is 6.42 Å². The number of benzene rings is 1. The van der Waals surface area contributed by atoms with Crippen LogP contribution in [0.25, 0.3) is 11.6 Å². The van der Waals surface area contributed by atoms with E-state index in [1.165, 1.54) is 11.6 Å². The molecule has 1 aromatic carbocycles. The van der Waals surface area contributed by atoms with Gasteiger partial charge in [-0.25, -0.2) is 15.0 Å². The van der Waals surface area contributed by atoms with Crippen LogP contribution in [0.5, 0.6) is 0 Å². The van der Waals surface area contributed by atoms with Crippen LogP contribution >= 0.6 is 0 Å². The SMILES string of the molecule is CC(C)(C)c1ccc([C@H](CC(=O)c2cc(=O)[nH]c(-c3ncccn3)n2)C2(C)CC2)cc1. The lowest BCUT2D eigenvalue weighted by atomic mass is 9.79. The summed E-state index contributed by atoms with van der Waals surface area (Å²) in [5.41, 5.74) is 2.39. The number of aromatic amines is 1. The standard InChI is InChI=1S/C25H28N4O2/c1-24(2,3)17-8-6-16(7-9-17)18(25(4)10-11-25)14-20(30)19-15-21(31)29-23(28-19)22-26-12-5-13-27-22/h5-9,12-13,15,18H,10-11,14H2,1-4H3,(H,28,29,31)/t18-/m0/s1. The molecule has 6 heteroatoms. The average Bonchev–Trinajstić information content (AvgIpc) is 3.49. The zero-order valence-corrected chi connectivity index (χ0v) is 18.5. The summed E-state index contributed by atoms with van der Waals surface area (Å²) in [6.45, 7) is 8.81. The van der Waals surface area contributed by atoms with Crippen LogP contribution in [0.4, 0.5) is 0 Å². The quantitative estimate of drug-likeness (QED) is 0.589. The summed E-state index contributed by atoms with van der Waals surface area (Å²) >= 11 is 0. The molecule has 1 aliphatic rings. The number of hydrogen-bond acceptors (Lipinski definition) is 5. The fourth-order valence-corrected chi connectivity index (χ4v) is 3.95. The second kappa shape index (κ2) is 7.84. The summed E-state index contributed by atoms with van der Waals surface area (Å²) in [4.78, 5) is 40.6. The summed E-state index contributed by atoms with van der Waals surface area (Å²) in [6, 6.07) is 11.6. The lowest BCUT2D eigenvalue weighted by Crippen LogP contribution is -2.20. The summed E-state index contributed by atoms with van der Waals surface area (Å²) in [5.74, 6) is 0.450. The fourth-order valence-electron chi connectivity index (χ4n) is 3.95. The van der Waals surface area contributed by atoms with Crippen LogP contribution in [-0.4, -0.2) is 25.7 Å². The number of carbonyl (C=O) groups excluding carboxylic acids is 1. The van der Waals surface area contributed by atoms with Crippen molar-refractivity contribution < 1.29 is 4.79 Å². The topological polar surface area (TPSA) is 88.6 Å². The molecule has 2 aromatic heterocycles. The predicted octanol–water partition coefficient (Wildman–Crippen LogP) is 4.68. The molecular formula is C25H28N4O2. The summed E-state index contributed by atoms with van der Waals surface area (Å²) < 4.78 is 0. The average molecular weight is 417 g/mol. The molecule has 0 unspecified atom stereocenters. The molecular weight excluding hydrogens is 388 g/mol. The van der Waals surface area contributed by atoms with Crippen molar-refractivity contribution in [2.24, 2.45) is 5.41 Å². The Hall–Kier alpha value is -3.15. The fraction of sp³-hybridized carbons (Fsp3) is 0.400. The minimum absolute atomic E-state index is 0.0816. The number of nitrogens with one attached hydrogen (secondary N) is 1. The zero-order valence-electron chi connectivity index (χ0n) is 18.5. The molecule has 3 aromatic rings. The first-order valence-corrected chi connectivity index (χ1v) is 10.7.